The van der Waals surface area contributed by atoms with Crippen molar-refractivity contribution in [2.75, 3.05) is 0 Å². The highest BCUT2D eigenvalue weighted by atomic mass is 16.1. The molecule has 0 saturated carbocycles. The van der Waals surface area contributed by atoms with E-state index in [1.54, 1.807) is 0 Å². The van der Waals surface area contributed by atoms with E-state index in [1.807, 2.05) is 12.2 Å². The average Bonchev–Trinajstić information content (AvgIpc) is 2.37. The summed E-state index contributed by atoms with van der Waals surface area (Å²) in [6.07, 6.45) is 7.20. The zero-order valence-corrected chi connectivity index (χ0v) is 15.0. The number of allylic oxidation sites excluding steroid dienone is 4. The summed E-state index contributed by atoms with van der Waals surface area (Å²) in [6, 6.07) is 0. The molecule has 0 unspecified atom stereocenters. The maximum Gasteiger partial charge on any atom is 0.159 e. The molecule has 0 radical (unpaired) electrons. The number of rotatable bonds is 1. The molecule has 0 aliphatic heterocycles. The Morgan fingerprint density at radius 3 is 1.27 bits per heavy atom. The fraction of sp³-hybridized carbons (Fsp3) is 0.700. The summed E-state index contributed by atoms with van der Waals surface area (Å²) in [4.78, 5) is 25.1. The Kier molecular flexibility index (Phi) is 4.52. The molecular formula is C20H30O2. The van der Waals surface area contributed by atoms with Gasteiger partial charge in [-0.25, -0.2) is 0 Å². The van der Waals surface area contributed by atoms with Crippen molar-refractivity contribution < 1.29 is 9.59 Å². The predicted molar refractivity (Wildman–Crippen MR) is 90.5 cm³/mol. The zero-order valence-electron chi connectivity index (χ0n) is 15.0. The molecule has 0 spiro atoms. The lowest BCUT2D eigenvalue weighted by molar-refractivity contribution is -0.128. The maximum atomic E-state index is 12.5. The molecule has 122 valence electrons. The smallest absolute Gasteiger partial charge is 0.159 e. The lowest BCUT2D eigenvalue weighted by atomic mass is 9.68. The number of carbonyl (C=O) groups is 2. The van der Waals surface area contributed by atoms with Gasteiger partial charge in [0.1, 0.15) is 0 Å². The lowest BCUT2D eigenvalue weighted by Gasteiger charge is -2.35. The SMILES string of the molecule is CC(C)(C)C1=CC(=O)[C@H]([C@H]2CCC(C(C)(C)C)=CC2=O)CC1. The Labute approximate surface area is 135 Å². The van der Waals surface area contributed by atoms with E-state index >= 15 is 0 Å². The highest BCUT2D eigenvalue weighted by Gasteiger charge is 2.38. The van der Waals surface area contributed by atoms with Gasteiger partial charge in [0.25, 0.3) is 0 Å². The molecule has 0 aromatic carbocycles. The van der Waals surface area contributed by atoms with E-state index in [4.69, 9.17) is 0 Å². The first-order chi connectivity index (χ1) is 10.00. The highest BCUT2D eigenvalue weighted by Crippen LogP contribution is 2.41. The zero-order chi connectivity index (χ0) is 16.7. The Morgan fingerprint density at radius 2 is 1.05 bits per heavy atom. The second-order valence-corrected chi connectivity index (χ2v) is 8.93. The summed E-state index contributed by atoms with van der Waals surface area (Å²) in [5.74, 6) is 0.136. The molecular weight excluding hydrogens is 272 g/mol. The Morgan fingerprint density at radius 1 is 0.727 bits per heavy atom. The van der Waals surface area contributed by atoms with Gasteiger partial charge in [0.2, 0.25) is 0 Å². The standard InChI is InChI=1S/C20H30O2/c1-19(2,3)13-7-9-15(17(21)11-13)16-10-8-14(12-18(16)22)20(4,5)6/h11-12,15-16H,7-10H2,1-6H3/t15-,16+. The van der Waals surface area contributed by atoms with Crippen LogP contribution in [-0.2, 0) is 9.59 Å². The molecule has 0 amide bonds. The van der Waals surface area contributed by atoms with Crippen LogP contribution in [0.1, 0.15) is 67.2 Å². The minimum absolute atomic E-state index is 0.0521. The molecule has 0 bridgehead atoms. The second kappa shape index (κ2) is 5.79. The van der Waals surface area contributed by atoms with Crippen molar-refractivity contribution in [1.29, 1.82) is 0 Å². The molecule has 0 N–H and O–H groups in total. The Bertz CT molecular complexity index is 485. The normalized spacial score (nSPS) is 27.5. The van der Waals surface area contributed by atoms with Gasteiger partial charge >= 0.3 is 0 Å². The Balaban J connectivity index is 2.16. The van der Waals surface area contributed by atoms with E-state index in [-0.39, 0.29) is 34.2 Å². The summed E-state index contributed by atoms with van der Waals surface area (Å²) in [6.45, 7) is 12.9. The number of carbonyl (C=O) groups excluding carboxylic acids is 2. The number of hydrogen-bond acceptors (Lipinski definition) is 2. The molecule has 0 fully saturated rings. The summed E-state index contributed by atoms with van der Waals surface area (Å²) in [5, 5.41) is 0. The van der Waals surface area contributed by atoms with Gasteiger partial charge < -0.3 is 0 Å². The summed E-state index contributed by atoms with van der Waals surface area (Å²) in [5.41, 5.74) is 2.55. The van der Waals surface area contributed by atoms with Crippen molar-refractivity contribution in [2.45, 2.75) is 67.2 Å². The first kappa shape index (κ1) is 17.2. The molecule has 0 aromatic rings. The fourth-order valence-corrected chi connectivity index (χ4v) is 3.59. The first-order valence-electron chi connectivity index (χ1n) is 8.50. The van der Waals surface area contributed by atoms with Crippen LogP contribution in [-0.4, -0.2) is 11.6 Å². The molecule has 2 atom stereocenters. The molecule has 2 aliphatic rings. The third-order valence-corrected chi connectivity index (χ3v) is 5.23. The van der Waals surface area contributed by atoms with Crippen LogP contribution >= 0.6 is 0 Å². The maximum absolute atomic E-state index is 12.5. The minimum Gasteiger partial charge on any atom is -0.295 e. The van der Waals surface area contributed by atoms with Crippen molar-refractivity contribution in [3.63, 3.8) is 0 Å². The van der Waals surface area contributed by atoms with Crippen LogP contribution in [0.5, 0.6) is 0 Å². The van der Waals surface area contributed by atoms with E-state index in [2.05, 4.69) is 41.5 Å². The van der Waals surface area contributed by atoms with Gasteiger partial charge in [0, 0.05) is 11.8 Å². The van der Waals surface area contributed by atoms with Gasteiger partial charge in [0.05, 0.1) is 0 Å². The molecule has 2 nitrogen and oxygen atoms in total. The average molecular weight is 302 g/mol. The van der Waals surface area contributed by atoms with Crippen molar-refractivity contribution in [1.82, 2.24) is 0 Å². The van der Waals surface area contributed by atoms with Crippen LogP contribution in [0.3, 0.4) is 0 Å². The van der Waals surface area contributed by atoms with Gasteiger partial charge in [-0.1, -0.05) is 52.7 Å². The van der Waals surface area contributed by atoms with E-state index in [9.17, 15) is 9.59 Å². The fourth-order valence-electron chi connectivity index (χ4n) is 3.59. The van der Waals surface area contributed by atoms with Crippen LogP contribution in [0.4, 0.5) is 0 Å². The van der Waals surface area contributed by atoms with Gasteiger partial charge in [-0.05, 0) is 48.7 Å². The van der Waals surface area contributed by atoms with E-state index in [0.29, 0.717) is 0 Å². The minimum atomic E-state index is -0.101. The molecule has 0 heterocycles. The van der Waals surface area contributed by atoms with Crippen LogP contribution < -0.4 is 0 Å². The van der Waals surface area contributed by atoms with Crippen molar-refractivity contribution in [3.05, 3.63) is 23.3 Å². The highest BCUT2D eigenvalue weighted by molar-refractivity contribution is 6.01. The third-order valence-electron chi connectivity index (χ3n) is 5.23. The second-order valence-electron chi connectivity index (χ2n) is 8.93. The third kappa shape index (κ3) is 3.59. The van der Waals surface area contributed by atoms with E-state index in [0.717, 1.165) is 25.7 Å². The molecule has 2 aliphatic carbocycles. The lowest BCUT2D eigenvalue weighted by Crippen LogP contribution is -2.34. The first-order valence-corrected chi connectivity index (χ1v) is 8.50. The summed E-state index contributed by atoms with van der Waals surface area (Å²) in [7, 11) is 0. The monoisotopic (exact) mass is 302 g/mol. The predicted octanol–water partition coefficient (Wildman–Crippen LogP) is 4.89. The van der Waals surface area contributed by atoms with Crippen molar-refractivity contribution >= 4 is 11.6 Å². The summed E-state index contributed by atoms with van der Waals surface area (Å²) >= 11 is 0. The summed E-state index contributed by atoms with van der Waals surface area (Å²) < 4.78 is 0. The van der Waals surface area contributed by atoms with Crippen LogP contribution in [0.25, 0.3) is 0 Å². The van der Waals surface area contributed by atoms with Crippen LogP contribution in [0.15, 0.2) is 23.3 Å². The van der Waals surface area contributed by atoms with Gasteiger partial charge in [-0.2, -0.15) is 0 Å². The number of ketones is 2. The van der Waals surface area contributed by atoms with Crippen LogP contribution in [0.2, 0.25) is 0 Å². The topological polar surface area (TPSA) is 34.1 Å². The molecule has 2 heteroatoms. The molecule has 0 aromatic heterocycles. The molecule has 2 rings (SSSR count). The number of hydrogen-bond donors (Lipinski definition) is 0. The van der Waals surface area contributed by atoms with E-state index < -0.39 is 0 Å². The quantitative estimate of drug-likeness (QED) is 0.691. The van der Waals surface area contributed by atoms with Gasteiger partial charge in [0.15, 0.2) is 11.6 Å². The van der Waals surface area contributed by atoms with Gasteiger partial charge in [-0.3, -0.25) is 9.59 Å². The Hall–Kier alpha value is -1.18. The van der Waals surface area contributed by atoms with E-state index in [1.165, 1.54) is 11.1 Å². The largest absolute Gasteiger partial charge is 0.295 e. The molecule has 0 saturated heterocycles. The van der Waals surface area contributed by atoms with Crippen molar-refractivity contribution in [2.24, 2.45) is 22.7 Å². The van der Waals surface area contributed by atoms with Crippen molar-refractivity contribution in [3.8, 4) is 0 Å². The van der Waals surface area contributed by atoms with Crippen LogP contribution in [0, 0.1) is 22.7 Å². The molecule has 22 heavy (non-hydrogen) atoms. The van der Waals surface area contributed by atoms with Gasteiger partial charge in [-0.15, -0.1) is 0 Å².